The van der Waals surface area contributed by atoms with E-state index < -0.39 is 35.6 Å². The quantitative estimate of drug-likeness (QED) is 0.337. The Labute approximate surface area is 223 Å². The summed E-state index contributed by atoms with van der Waals surface area (Å²) in [6.45, 7) is 9.00. The van der Waals surface area contributed by atoms with Gasteiger partial charge in [0, 0.05) is 18.0 Å². The van der Waals surface area contributed by atoms with Crippen LogP contribution in [-0.4, -0.2) is 59.0 Å². The zero-order chi connectivity index (χ0) is 27.8. The smallest absolute Gasteiger partial charge is 0.408 e. The molecule has 37 heavy (non-hydrogen) atoms. The summed E-state index contributed by atoms with van der Waals surface area (Å²) in [4.78, 5) is 41.2. The van der Waals surface area contributed by atoms with Gasteiger partial charge in [-0.3, -0.25) is 9.59 Å². The minimum atomic E-state index is -1.04. The highest BCUT2D eigenvalue weighted by molar-refractivity contribution is 7.80. The van der Waals surface area contributed by atoms with Gasteiger partial charge in [0.05, 0.1) is 7.11 Å². The molecule has 0 saturated carbocycles. The molecule has 2 aromatic carbocycles. The summed E-state index contributed by atoms with van der Waals surface area (Å²) in [6.07, 6.45) is -0.197. The molecule has 2 atom stereocenters. The predicted octanol–water partition coefficient (Wildman–Crippen LogP) is 4.45. The molecule has 0 spiro atoms. The molecule has 0 aromatic heterocycles. The Kier molecular flexibility index (Phi) is 10.7. The number of rotatable bonds is 10. The fraction of sp³-hybridized carbons (Fsp3) is 0.444. The van der Waals surface area contributed by atoms with Crippen LogP contribution in [0.25, 0.3) is 0 Å². The van der Waals surface area contributed by atoms with Gasteiger partial charge in [0.2, 0.25) is 5.91 Å². The molecule has 3 amide bonds. The van der Waals surface area contributed by atoms with Crippen molar-refractivity contribution in [3.63, 3.8) is 0 Å². The Bertz CT molecular complexity index is 1080. The highest BCUT2D eigenvalue weighted by Gasteiger charge is 2.35. The zero-order valence-electron chi connectivity index (χ0n) is 22.2. The van der Waals surface area contributed by atoms with E-state index in [1.807, 2.05) is 6.92 Å². The molecular formula is C27H37N3O6S. The van der Waals surface area contributed by atoms with Crippen LogP contribution >= 0.6 is 12.6 Å². The zero-order valence-corrected chi connectivity index (χ0v) is 23.1. The maximum Gasteiger partial charge on any atom is 0.408 e. The third-order valence-corrected chi connectivity index (χ3v) is 5.74. The van der Waals surface area contributed by atoms with Gasteiger partial charge in [-0.1, -0.05) is 13.0 Å². The molecule has 2 aromatic rings. The van der Waals surface area contributed by atoms with Crippen molar-refractivity contribution in [2.75, 3.05) is 24.7 Å². The molecule has 0 heterocycles. The van der Waals surface area contributed by atoms with Crippen molar-refractivity contribution in [2.45, 2.75) is 58.7 Å². The molecule has 202 valence electrons. The summed E-state index contributed by atoms with van der Waals surface area (Å²) in [6, 6.07) is 9.51. The van der Waals surface area contributed by atoms with Gasteiger partial charge in [-0.05, 0) is 81.6 Å². The number of nitrogens with zero attached hydrogens (tertiary/aromatic N) is 1. The molecule has 0 bridgehead atoms. The van der Waals surface area contributed by atoms with Gasteiger partial charge in [0.15, 0.2) is 0 Å². The first kappa shape index (κ1) is 29.8. The van der Waals surface area contributed by atoms with E-state index in [4.69, 9.17) is 9.47 Å². The molecule has 2 rings (SSSR count). The molecule has 0 radical (unpaired) electrons. The molecular weight excluding hydrogens is 494 g/mol. The number of aryl methyl sites for hydroxylation is 1. The largest absolute Gasteiger partial charge is 0.508 e. The fourth-order valence-corrected chi connectivity index (χ4v) is 3.90. The fourth-order valence-electron chi connectivity index (χ4n) is 3.65. The lowest BCUT2D eigenvalue weighted by Crippen LogP contribution is -2.53. The first-order valence-electron chi connectivity index (χ1n) is 12.1. The van der Waals surface area contributed by atoms with Gasteiger partial charge in [0.25, 0.3) is 5.91 Å². The molecule has 10 heteroatoms. The number of hydrogen-bond donors (Lipinski definition) is 4. The van der Waals surface area contributed by atoms with Crippen molar-refractivity contribution in [3.8, 4) is 11.5 Å². The standard InChI is InChI=1S/C27H37N3O6S/c1-7-14-30(25(33)21(16-37)29-26(34)36-27(3,4)5)23(18-8-13-22(31)17(2)15-18)24(32)28-19-9-11-20(35-6)12-10-19/h8-13,15,21,23,31,37H,7,14,16H2,1-6H3,(H,28,32)(H,29,34). The first-order valence-corrected chi connectivity index (χ1v) is 12.7. The van der Waals surface area contributed by atoms with Gasteiger partial charge < -0.3 is 30.1 Å². The second kappa shape index (κ2) is 13.2. The number of carbonyl (C=O) groups is 3. The van der Waals surface area contributed by atoms with E-state index in [-0.39, 0.29) is 18.0 Å². The van der Waals surface area contributed by atoms with Crippen LogP contribution in [0.2, 0.25) is 0 Å². The van der Waals surface area contributed by atoms with E-state index in [2.05, 4.69) is 23.3 Å². The normalized spacial score (nSPS) is 12.7. The third kappa shape index (κ3) is 8.59. The monoisotopic (exact) mass is 531 g/mol. The second-order valence-corrected chi connectivity index (χ2v) is 9.94. The number of ether oxygens (including phenoxy) is 2. The lowest BCUT2D eigenvalue weighted by atomic mass is 10.00. The number of methoxy groups -OCH3 is 1. The summed E-state index contributed by atoms with van der Waals surface area (Å²) >= 11 is 4.28. The Morgan fingerprint density at radius 2 is 1.76 bits per heavy atom. The third-order valence-electron chi connectivity index (χ3n) is 5.37. The minimum absolute atomic E-state index is 0.000283. The van der Waals surface area contributed by atoms with Gasteiger partial charge in [-0.15, -0.1) is 0 Å². The Balaban J connectivity index is 2.45. The summed E-state index contributed by atoms with van der Waals surface area (Å²) in [5.41, 5.74) is 0.842. The number of anilines is 1. The van der Waals surface area contributed by atoms with Crippen LogP contribution in [-0.2, 0) is 14.3 Å². The average Bonchev–Trinajstić information content (AvgIpc) is 2.83. The SMILES string of the molecule is CCCN(C(=O)C(CS)NC(=O)OC(C)(C)C)C(C(=O)Nc1ccc(OC)cc1)c1ccc(O)c(C)c1. The number of phenols is 1. The Morgan fingerprint density at radius 1 is 1.11 bits per heavy atom. The van der Waals surface area contributed by atoms with Crippen LogP contribution in [0, 0.1) is 6.92 Å². The molecule has 0 aliphatic rings. The maximum absolute atomic E-state index is 13.7. The topological polar surface area (TPSA) is 117 Å². The predicted molar refractivity (Wildman–Crippen MR) is 146 cm³/mol. The summed E-state index contributed by atoms with van der Waals surface area (Å²) in [5.74, 6) is -0.224. The molecule has 9 nitrogen and oxygen atoms in total. The summed E-state index contributed by atoms with van der Waals surface area (Å²) in [7, 11) is 1.55. The highest BCUT2D eigenvalue weighted by atomic mass is 32.1. The van der Waals surface area contributed by atoms with E-state index in [0.29, 0.717) is 29.0 Å². The van der Waals surface area contributed by atoms with Crippen LogP contribution in [0.3, 0.4) is 0 Å². The number of hydrogen-bond acceptors (Lipinski definition) is 7. The van der Waals surface area contributed by atoms with Crippen LogP contribution in [0.15, 0.2) is 42.5 Å². The number of carbonyl (C=O) groups excluding carboxylic acids is 3. The van der Waals surface area contributed by atoms with Gasteiger partial charge in [-0.25, -0.2) is 4.79 Å². The average molecular weight is 532 g/mol. The van der Waals surface area contributed by atoms with Crippen LogP contribution < -0.4 is 15.4 Å². The van der Waals surface area contributed by atoms with Crippen molar-refractivity contribution in [2.24, 2.45) is 0 Å². The molecule has 2 unspecified atom stereocenters. The second-order valence-electron chi connectivity index (χ2n) is 9.58. The lowest BCUT2D eigenvalue weighted by molar-refractivity contribution is -0.140. The van der Waals surface area contributed by atoms with Crippen LogP contribution in [0.5, 0.6) is 11.5 Å². The van der Waals surface area contributed by atoms with E-state index >= 15 is 0 Å². The van der Waals surface area contributed by atoms with E-state index in [1.165, 1.54) is 11.0 Å². The number of amides is 3. The van der Waals surface area contributed by atoms with E-state index in [0.717, 1.165) is 0 Å². The van der Waals surface area contributed by atoms with Gasteiger partial charge in [0.1, 0.15) is 29.2 Å². The minimum Gasteiger partial charge on any atom is -0.508 e. The molecule has 0 saturated heterocycles. The summed E-state index contributed by atoms with van der Waals surface area (Å²) < 4.78 is 10.5. The maximum atomic E-state index is 13.7. The van der Waals surface area contributed by atoms with Crippen LogP contribution in [0.4, 0.5) is 10.5 Å². The van der Waals surface area contributed by atoms with Crippen molar-refractivity contribution in [3.05, 3.63) is 53.6 Å². The number of thiol groups is 1. The number of phenolic OH excluding ortho intramolecular Hbond substituents is 1. The number of alkyl carbamates (subject to hydrolysis) is 1. The van der Waals surface area contributed by atoms with Crippen molar-refractivity contribution < 1.29 is 29.0 Å². The van der Waals surface area contributed by atoms with E-state index in [9.17, 15) is 19.5 Å². The first-order chi connectivity index (χ1) is 17.4. The molecule has 0 aliphatic heterocycles. The Morgan fingerprint density at radius 3 is 2.27 bits per heavy atom. The summed E-state index contributed by atoms with van der Waals surface area (Å²) in [5, 5.41) is 15.5. The lowest BCUT2D eigenvalue weighted by Gasteiger charge is -2.34. The van der Waals surface area contributed by atoms with Gasteiger partial charge in [-0.2, -0.15) is 12.6 Å². The van der Waals surface area contributed by atoms with Crippen LogP contribution in [0.1, 0.15) is 51.3 Å². The number of nitrogens with one attached hydrogen (secondary N) is 2. The van der Waals surface area contributed by atoms with Gasteiger partial charge >= 0.3 is 6.09 Å². The van der Waals surface area contributed by atoms with E-state index in [1.54, 1.807) is 71.2 Å². The van der Waals surface area contributed by atoms with Crippen molar-refractivity contribution >= 4 is 36.2 Å². The number of benzene rings is 2. The van der Waals surface area contributed by atoms with Crippen molar-refractivity contribution in [1.29, 1.82) is 0 Å². The highest BCUT2D eigenvalue weighted by Crippen LogP contribution is 2.29. The Hall–Kier alpha value is -3.40. The number of aromatic hydroxyl groups is 1. The molecule has 3 N–H and O–H groups in total. The molecule has 0 aliphatic carbocycles. The molecule has 0 fully saturated rings. The van der Waals surface area contributed by atoms with Crippen molar-refractivity contribution in [1.82, 2.24) is 10.2 Å².